The zero-order valence-corrected chi connectivity index (χ0v) is 12.5. The number of amides is 2. The smallest absolute Gasteiger partial charge is 0.321 e. The number of rotatable bonds is 2. The van der Waals surface area contributed by atoms with Crippen LogP contribution in [0, 0.1) is 5.92 Å². The van der Waals surface area contributed by atoms with Gasteiger partial charge in [0, 0.05) is 25.2 Å². The van der Waals surface area contributed by atoms with Gasteiger partial charge in [-0.3, -0.25) is 0 Å². The van der Waals surface area contributed by atoms with Crippen molar-refractivity contribution in [1.82, 2.24) is 4.90 Å². The summed E-state index contributed by atoms with van der Waals surface area (Å²) >= 11 is 6.60. The average Bonchev–Trinajstić information content (AvgIpc) is 2.85. The number of anilines is 1. The number of nitrogens with one attached hydrogen (secondary N) is 1. The van der Waals surface area contributed by atoms with Crippen LogP contribution < -0.4 is 5.32 Å². The van der Waals surface area contributed by atoms with E-state index in [1.807, 2.05) is 12.1 Å². The van der Waals surface area contributed by atoms with E-state index in [-0.39, 0.29) is 11.4 Å². The van der Waals surface area contributed by atoms with E-state index in [1.54, 1.807) is 11.9 Å². The second kappa shape index (κ2) is 5.26. The Bertz CT molecular complexity index is 535. The van der Waals surface area contributed by atoms with Gasteiger partial charge in [0.15, 0.2) is 0 Å². The van der Waals surface area contributed by atoms with Gasteiger partial charge in [0.1, 0.15) is 0 Å². The molecule has 1 fully saturated rings. The van der Waals surface area contributed by atoms with Crippen LogP contribution in [0.1, 0.15) is 29.8 Å². The Morgan fingerprint density at radius 1 is 1.50 bits per heavy atom. The zero-order chi connectivity index (χ0) is 14.3. The lowest BCUT2D eigenvalue weighted by atomic mass is 9.94. The molecular weight excluding hydrogens is 276 g/mol. The molecule has 2 aliphatic heterocycles. The summed E-state index contributed by atoms with van der Waals surface area (Å²) in [7, 11) is 1.79. The zero-order valence-electron chi connectivity index (χ0n) is 11.7. The minimum absolute atomic E-state index is 0.0341. The highest BCUT2D eigenvalue weighted by molar-refractivity contribution is 6.21. The molecule has 1 aromatic carbocycles. The van der Waals surface area contributed by atoms with Gasteiger partial charge >= 0.3 is 6.03 Å². The quantitative estimate of drug-likeness (QED) is 0.850. The Kier molecular flexibility index (Phi) is 3.61. The van der Waals surface area contributed by atoms with Gasteiger partial charge in [-0.1, -0.05) is 12.1 Å². The highest BCUT2D eigenvalue weighted by atomic mass is 35.5. The molecule has 108 valence electrons. The second-order valence-electron chi connectivity index (χ2n) is 5.74. The summed E-state index contributed by atoms with van der Waals surface area (Å²) in [5.74, 6) is 0.362. The van der Waals surface area contributed by atoms with Crippen molar-refractivity contribution >= 4 is 23.3 Å². The van der Waals surface area contributed by atoms with E-state index in [4.69, 9.17) is 16.3 Å². The van der Waals surface area contributed by atoms with Gasteiger partial charge in [-0.25, -0.2) is 4.79 Å². The Balaban J connectivity index is 1.82. The third kappa shape index (κ3) is 2.50. The standard InChI is InChI=1S/C15H19ClN2O2/c1-9-5-12(8-20-9)14(16)10-3-4-13-11(6-10)7-18(2)15(19)17-13/h3-4,6,9,12,14H,5,7-8H2,1-2H3,(H,17,19). The van der Waals surface area contributed by atoms with Crippen LogP contribution in [0.25, 0.3) is 0 Å². The van der Waals surface area contributed by atoms with Gasteiger partial charge < -0.3 is 15.0 Å². The van der Waals surface area contributed by atoms with Crippen molar-refractivity contribution in [3.05, 3.63) is 29.3 Å². The predicted molar refractivity (Wildman–Crippen MR) is 79.0 cm³/mol. The summed E-state index contributed by atoms with van der Waals surface area (Å²) in [6, 6.07) is 5.99. The van der Waals surface area contributed by atoms with Gasteiger partial charge in [0.2, 0.25) is 0 Å². The third-order valence-electron chi connectivity index (χ3n) is 4.09. The van der Waals surface area contributed by atoms with Crippen LogP contribution in [0.15, 0.2) is 18.2 Å². The number of urea groups is 1. The third-order valence-corrected chi connectivity index (χ3v) is 4.70. The average molecular weight is 295 g/mol. The number of carbonyl (C=O) groups is 1. The van der Waals surface area contributed by atoms with Crippen LogP contribution in [0.5, 0.6) is 0 Å². The van der Waals surface area contributed by atoms with E-state index in [9.17, 15) is 4.79 Å². The monoisotopic (exact) mass is 294 g/mol. The number of ether oxygens (including phenoxy) is 1. The molecule has 1 N–H and O–H groups in total. The fourth-order valence-corrected chi connectivity index (χ4v) is 3.21. The number of hydrogen-bond donors (Lipinski definition) is 1. The van der Waals surface area contributed by atoms with E-state index >= 15 is 0 Å². The topological polar surface area (TPSA) is 41.6 Å². The molecule has 0 radical (unpaired) electrons. The molecule has 3 unspecified atom stereocenters. The largest absolute Gasteiger partial charge is 0.378 e. The Hall–Kier alpha value is -1.26. The van der Waals surface area contributed by atoms with Gasteiger partial charge in [0.05, 0.1) is 18.1 Å². The minimum Gasteiger partial charge on any atom is -0.378 e. The first-order valence-corrected chi connectivity index (χ1v) is 7.39. The number of fused-ring (bicyclic) bond motifs is 1. The lowest BCUT2D eigenvalue weighted by molar-refractivity contribution is 0.120. The van der Waals surface area contributed by atoms with Crippen molar-refractivity contribution in [3.8, 4) is 0 Å². The number of halogens is 1. The van der Waals surface area contributed by atoms with Gasteiger partial charge in [-0.15, -0.1) is 11.6 Å². The van der Waals surface area contributed by atoms with E-state index in [0.717, 1.165) is 29.8 Å². The number of carbonyl (C=O) groups excluding carboxylic acids is 1. The molecule has 3 rings (SSSR count). The lowest BCUT2D eigenvalue weighted by Crippen LogP contribution is -2.35. The van der Waals surface area contributed by atoms with Crippen LogP contribution in [0.3, 0.4) is 0 Å². The number of alkyl halides is 1. The molecule has 2 amide bonds. The predicted octanol–water partition coefficient (Wildman–Crippen LogP) is 3.37. The maximum Gasteiger partial charge on any atom is 0.321 e. The summed E-state index contributed by atoms with van der Waals surface area (Å²) in [5.41, 5.74) is 3.11. The lowest BCUT2D eigenvalue weighted by Gasteiger charge is -2.27. The summed E-state index contributed by atoms with van der Waals surface area (Å²) < 4.78 is 5.60. The minimum atomic E-state index is -0.0642. The van der Waals surface area contributed by atoms with Crippen molar-refractivity contribution in [1.29, 1.82) is 0 Å². The second-order valence-corrected chi connectivity index (χ2v) is 6.21. The van der Waals surface area contributed by atoms with Gasteiger partial charge in [0.25, 0.3) is 0 Å². The molecule has 0 aromatic heterocycles. The first-order valence-electron chi connectivity index (χ1n) is 6.95. The highest BCUT2D eigenvalue weighted by Gasteiger charge is 2.30. The summed E-state index contributed by atoms with van der Waals surface area (Å²) in [6.45, 7) is 3.43. The summed E-state index contributed by atoms with van der Waals surface area (Å²) in [6.07, 6.45) is 1.30. The van der Waals surface area contributed by atoms with Crippen molar-refractivity contribution in [2.24, 2.45) is 5.92 Å². The maximum absolute atomic E-state index is 11.6. The maximum atomic E-state index is 11.6. The number of benzene rings is 1. The molecule has 1 saturated heterocycles. The molecule has 0 spiro atoms. The van der Waals surface area contributed by atoms with E-state index in [1.165, 1.54) is 0 Å². The first kappa shape index (κ1) is 13.7. The molecule has 2 heterocycles. The highest BCUT2D eigenvalue weighted by Crippen LogP contribution is 2.38. The number of nitrogens with zero attached hydrogens (tertiary/aromatic N) is 1. The van der Waals surface area contributed by atoms with Crippen molar-refractivity contribution in [3.63, 3.8) is 0 Å². The molecule has 0 aliphatic carbocycles. The molecular formula is C15H19ClN2O2. The fraction of sp³-hybridized carbons (Fsp3) is 0.533. The van der Waals surface area contributed by atoms with Crippen LogP contribution in [0.4, 0.5) is 10.5 Å². The van der Waals surface area contributed by atoms with Crippen molar-refractivity contribution in [2.75, 3.05) is 19.0 Å². The molecule has 3 atom stereocenters. The Morgan fingerprint density at radius 2 is 2.30 bits per heavy atom. The Labute approximate surface area is 124 Å². The summed E-state index contributed by atoms with van der Waals surface area (Å²) in [4.78, 5) is 13.3. The molecule has 2 aliphatic rings. The molecule has 0 saturated carbocycles. The van der Waals surface area contributed by atoms with Crippen LogP contribution in [-0.2, 0) is 11.3 Å². The van der Waals surface area contributed by atoms with Gasteiger partial charge in [-0.05, 0) is 30.5 Å². The van der Waals surface area contributed by atoms with Crippen LogP contribution in [0.2, 0.25) is 0 Å². The van der Waals surface area contributed by atoms with Crippen LogP contribution >= 0.6 is 11.6 Å². The molecule has 20 heavy (non-hydrogen) atoms. The van der Waals surface area contributed by atoms with E-state index in [0.29, 0.717) is 18.6 Å². The molecule has 5 heteroatoms. The Morgan fingerprint density at radius 3 is 3.00 bits per heavy atom. The molecule has 1 aromatic rings. The fourth-order valence-electron chi connectivity index (χ4n) is 2.90. The van der Waals surface area contributed by atoms with E-state index in [2.05, 4.69) is 18.3 Å². The van der Waals surface area contributed by atoms with Crippen molar-refractivity contribution in [2.45, 2.75) is 31.4 Å². The number of hydrogen-bond acceptors (Lipinski definition) is 2. The molecule has 4 nitrogen and oxygen atoms in total. The van der Waals surface area contributed by atoms with Crippen molar-refractivity contribution < 1.29 is 9.53 Å². The van der Waals surface area contributed by atoms with Crippen LogP contribution in [-0.4, -0.2) is 30.7 Å². The van der Waals surface area contributed by atoms with Gasteiger partial charge in [-0.2, -0.15) is 0 Å². The summed E-state index contributed by atoms with van der Waals surface area (Å²) in [5, 5.41) is 2.84. The molecule has 0 bridgehead atoms. The normalized spacial score (nSPS) is 27.1. The first-order chi connectivity index (χ1) is 9.54. The van der Waals surface area contributed by atoms with E-state index < -0.39 is 0 Å². The SMILES string of the molecule is CC1CC(C(Cl)c2ccc3c(c2)CN(C)C(=O)N3)CO1.